The summed E-state index contributed by atoms with van der Waals surface area (Å²) >= 11 is 0. The summed E-state index contributed by atoms with van der Waals surface area (Å²) in [6.45, 7) is 4.99. The van der Waals surface area contributed by atoms with E-state index in [-0.39, 0.29) is 30.5 Å². The van der Waals surface area contributed by atoms with Gasteiger partial charge in [0.05, 0.1) is 6.54 Å². The van der Waals surface area contributed by atoms with Crippen molar-refractivity contribution in [3.05, 3.63) is 48.5 Å². The van der Waals surface area contributed by atoms with Crippen LogP contribution in [0.15, 0.2) is 42.7 Å². The summed E-state index contributed by atoms with van der Waals surface area (Å²) in [4.78, 5) is 16.9. The molecular formula is C22H29FN4O3. The zero-order valence-electron chi connectivity index (χ0n) is 17.2. The molecule has 0 aliphatic carbocycles. The number of amides is 1. The Hall–Kier alpha value is -2.45. The Balaban J connectivity index is 1.20. The number of hydrogen-bond acceptors (Lipinski definition) is 5. The Morgan fingerprint density at radius 3 is 2.70 bits per heavy atom. The van der Waals surface area contributed by atoms with Crippen molar-refractivity contribution >= 4 is 5.91 Å². The summed E-state index contributed by atoms with van der Waals surface area (Å²) < 4.78 is 26.4. The van der Waals surface area contributed by atoms with Crippen molar-refractivity contribution < 1.29 is 18.7 Å². The first-order chi connectivity index (χ1) is 14.7. The van der Waals surface area contributed by atoms with Crippen LogP contribution in [0.3, 0.4) is 0 Å². The number of nitrogens with zero attached hydrogens (tertiary/aromatic N) is 4. The van der Waals surface area contributed by atoms with Gasteiger partial charge in [-0.2, -0.15) is 5.10 Å². The number of halogens is 1. The number of ether oxygens (including phenoxy) is 2. The van der Waals surface area contributed by atoms with E-state index in [0.717, 1.165) is 45.4 Å². The molecule has 0 saturated carbocycles. The molecule has 7 nitrogen and oxygen atoms in total. The highest BCUT2D eigenvalue weighted by Crippen LogP contribution is 2.21. The number of morpholine rings is 1. The third-order valence-corrected chi connectivity index (χ3v) is 5.83. The van der Waals surface area contributed by atoms with Gasteiger partial charge < -0.3 is 19.3 Å². The highest BCUT2D eigenvalue weighted by Gasteiger charge is 2.33. The van der Waals surface area contributed by atoms with Crippen LogP contribution in [0.2, 0.25) is 0 Å². The molecule has 1 amide bonds. The van der Waals surface area contributed by atoms with Crippen LogP contribution in [-0.2, 0) is 16.1 Å². The molecule has 1 atom stereocenters. The van der Waals surface area contributed by atoms with Gasteiger partial charge in [-0.15, -0.1) is 0 Å². The summed E-state index contributed by atoms with van der Waals surface area (Å²) in [5.74, 6) is 0.373. The molecule has 0 bridgehead atoms. The zero-order chi connectivity index (χ0) is 20.8. The van der Waals surface area contributed by atoms with E-state index in [9.17, 15) is 9.18 Å². The van der Waals surface area contributed by atoms with Crippen LogP contribution in [0.25, 0.3) is 0 Å². The number of piperidine rings is 1. The average Bonchev–Trinajstić information content (AvgIpc) is 3.28. The Kier molecular flexibility index (Phi) is 6.96. The fourth-order valence-corrected chi connectivity index (χ4v) is 4.16. The topological polar surface area (TPSA) is 59.8 Å². The van der Waals surface area contributed by atoms with Crippen LogP contribution in [0.4, 0.5) is 4.39 Å². The smallest absolute Gasteiger partial charge is 0.248 e. The van der Waals surface area contributed by atoms with Gasteiger partial charge in [-0.25, -0.2) is 4.39 Å². The molecule has 2 fully saturated rings. The van der Waals surface area contributed by atoms with Crippen LogP contribution < -0.4 is 4.74 Å². The fraction of sp³-hybridized carbons (Fsp3) is 0.545. The Morgan fingerprint density at radius 1 is 1.17 bits per heavy atom. The number of carbonyl (C=O) groups excluding carboxylic acids is 1. The molecule has 4 rings (SSSR count). The Bertz CT molecular complexity index is 791. The van der Waals surface area contributed by atoms with E-state index in [2.05, 4.69) is 10.00 Å². The van der Waals surface area contributed by atoms with Crippen molar-refractivity contribution in [2.75, 3.05) is 39.4 Å². The van der Waals surface area contributed by atoms with E-state index in [1.165, 1.54) is 12.1 Å². The van der Waals surface area contributed by atoms with Gasteiger partial charge in [0, 0.05) is 38.1 Å². The maximum absolute atomic E-state index is 13.0. The summed E-state index contributed by atoms with van der Waals surface area (Å²) in [5.41, 5.74) is 0. The minimum Gasteiger partial charge on any atom is -0.491 e. The van der Waals surface area contributed by atoms with E-state index in [1.54, 1.807) is 12.1 Å². The standard InChI is InChI=1S/C22H29FN4O3/c23-18-3-5-20(6-4-18)29-16-21-15-27(22(28)17-30-21)19-7-13-25(14-8-19)10-2-12-26-11-1-9-24-26/h1,3-6,9,11,19,21H,2,7-8,10,12-17H2/t21-/m0/s1. The second-order valence-electron chi connectivity index (χ2n) is 7.94. The van der Waals surface area contributed by atoms with Crippen molar-refractivity contribution in [3.63, 3.8) is 0 Å². The van der Waals surface area contributed by atoms with Gasteiger partial charge >= 0.3 is 0 Å². The van der Waals surface area contributed by atoms with Crippen LogP contribution in [0.5, 0.6) is 5.75 Å². The van der Waals surface area contributed by atoms with Crippen molar-refractivity contribution in [3.8, 4) is 5.75 Å². The first-order valence-electron chi connectivity index (χ1n) is 10.7. The molecule has 2 saturated heterocycles. The number of rotatable bonds is 8. The lowest BCUT2D eigenvalue weighted by atomic mass is 10.0. The molecule has 3 heterocycles. The number of likely N-dealkylation sites (tertiary alicyclic amines) is 1. The van der Waals surface area contributed by atoms with Crippen LogP contribution in [0.1, 0.15) is 19.3 Å². The molecule has 2 aliphatic rings. The van der Waals surface area contributed by atoms with Crippen molar-refractivity contribution in [2.45, 2.75) is 38.0 Å². The van der Waals surface area contributed by atoms with Crippen molar-refractivity contribution in [1.29, 1.82) is 0 Å². The monoisotopic (exact) mass is 416 g/mol. The second kappa shape index (κ2) is 10.0. The van der Waals surface area contributed by atoms with Gasteiger partial charge in [0.1, 0.15) is 30.9 Å². The molecule has 162 valence electrons. The maximum atomic E-state index is 13.0. The summed E-state index contributed by atoms with van der Waals surface area (Å²) in [6, 6.07) is 8.15. The number of hydrogen-bond donors (Lipinski definition) is 0. The van der Waals surface area contributed by atoms with Crippen molar-refractivity contribution in [1.82, 2.24) is 19.6 Å². The summed E-state index contributed by atoms with van der Waals surface area (Å²) in [6.07, 6.45) is 6.68. The largest absolute Gasteiger partial charge is 0.491 e. The molecule has 1 aromatic heterocycles. The molecule has 0 spiro atoms. The van der Waals surface area contributed by atoms with Gasteiger partial charge in [-0.1, -0.05) is 0 Å². The minimum absolute atomic E-state index is 0.0603. The van der Waals surface area contributed by atoms with Gasteiger partial charge in [-0.3, -0.25) is 9.48 Å². The van der Waals surface area contributed by atoms with Crippen LogP contribution in [0, 0.1) is 5.82 Å². The summed E-state index contributed by atoms with van der Waals surface area (Å²) in [5, 5.41) is 4.24. The maximum Gasteiger partial charge on any atom is 0.248 e. The molecule has 0 radical (unpaired) electrons. The lowest BCUT2D eigenvalue weighted by Crippen LogP contribution is -2.55. The second-order valence-corrected chi connectivity index (χ2v) is 7.94. The predicted molar refractivity (Wildman–Crippen MR) is 110 cm³/mol. The molecule has 30 heavy (non-hydrogen) atoms. The molecular weight excluding hydrogens is 387 g/mol. The van der Waals surface area contributed by atoms with E-state index < -0.39 is 0 Å². The summed E-state index contributed by atoms with van der Waals surface area (Å²) in [7, 11) is 0. The van der Waals surface area contributed by atoms with E-state index >= 15 is 0 Å². The number of carbonyl (C=O) groups is 1. The molecule has 2 aromatic rings. The first-order valence-corrected chi connectivity index (χ1v) is 10.7. The van der Waals surface area contributed by atoms with Gasteiger partial charge in [0.2, 0.25) is 5.91 Å². The first kappa shape index (κ1) is 20.8. The lowest BCUT2D eigenvalue weighted by Gasteiger charge is -2.42. The molecule has 2 aliphatic heterocycles. The third kappa shape index (κ3) is 5.58. The molecule has 8 heteroatoms. The number of benzene rings is 1. The van der Waals surface area contributed by atoms with E-state index in [0.29, 0.717) is 18.9 Å². The highest BCUT2D eigenvalue weighted by atomic mass is 19.1. The van der Waals surface area contributed by atoms with Gasteiger partial charge in [0.25, 0.3) is 0 Å². The fourth-order valence-electron chi connectivity index (χ4n) is 4.16. The normalized spacial score (nSPS) is 21.2. The highest BCUT2D eigenvalue weighted by molar-refractivity contribution is 5.78. The van der Waals surface area contributed by atoms with Crippen molar-refractivity contribution in [2.24, 2.45) is 0 Å². The molecule has 0 N–H and O–H groups in total. The minimum atomic E-state index is -0.291. The average molecular weight is 416 g/mol. The van der Waals surface area contributed by atoms with E-state index in [4.69, 9.17) is 9.47 Å². The Labute approximate surface area is 176 Å². The van der Waals surface area contributed by atoms with Gasteiger partial charge in [0.15, 0.2) is 0 Å². The predicted octanol–water partition coefficient (Wildman–Crippen LogP) is 2.18. The Morgan fingerprint density at radius 2 is 1.97 bits per heavy atom. The number of aryl methyl sites for hydroxylation is 1. The zero-order valence-corrected chi connectivity index (χ0v) is 17.2. The third-order valence-electron chi connectivity index (χ3n) is 5.83. The molecule has 0 unspecified atom stereocenters. The van der Waals surface area contributed by atoms with E-state index in [1.807, 2.05) is 28.0 Å². The SMILES string of the molecule is O=C1CO[C@H](COc2ccc(F)cc2)CN1C1CCN(CCCn2cccn2)CC1. The molecule has 1 aromatic carbocycles. The van der Waals surface area contributed by atoms with Gasteiger partial charge in [-0.05, 0) is 56.1 Å². The van der Waals surface area contributed by atoms with Crippen LogP contribution in [-0.4, -0.2) is 77.0 Å². The number of aromatic nitrogens is 2. The quantitative estimate of drug-likeness (QED) is 0.660. The van der Waals surface area contributed by atoms with Crippen LogP contribution >= 0.6 is 0 Å². The lowest BCUT2D eigenvalue weighted by molar-refractivity contribution is -0.155.